The summed E-state index contributed by atoms with van der Waals surface area (Å²) in [5.41, 5.74) is 9.35. The van der Waals surface area contributed by atoms with Crippen molar-refractivity contribution in [3.05, 3.63) is 99.0 Å². The molecule has 176 valence electrons. The summed E-state index contributed by atoms with van der Waals surface area (Å²) in [6.45, 7) is 0.891. The highest BCUT2D eigenvalue weighted by molar-refractivity contribution is 6.42. The summed E-state index contributed by atoms with van der Waals surface area (Å²) in [6, 6.07) is 19.5. The third-order valence-electron chi connectivity index (χ3n) is 6.15. The van der Waals surface area contributed by atoms with E-state index in [1.807, 2.05) is 18.2 Å². The maximum atomic E-state index is 13.2. The minimum atomic E-state index is -0.199. The molecule has 3 aromatic carbocycles. The van der Waals surface area contributed by atoms with Crippen molar-refractivity contribution >= 4 is 52.3 Å². The Labute approximate surface area is 213 Å². The van der Waals surface area contributed by atoms with Gasteiger partial charge >= 0.3 is 0 Å². The molecule has 0 spiro atoms. The van der Waals surface area contributed by atoms with Crippen molar-refractivity contribution in [3.8, 4) is 0 Å². The number of anilines is 1. The van der Waals surface area contributed by atoms with Gasteiger partial charge in [-0.25, -0.2) is 0 Å². The number of rotatable bonds is 5. The smallest absolute Gasteiger partial charge is 0.255 e. The molecule has 2 unspecified atom stereocenters. The van der Waals surface area contributed by atoms with Crippen molar-refractivity contribution in [2.45, 2.75) is 24.3 Å². The predicted octanol–water partition coefficient (Wildman–Crippen LogP) is 5.74. The number of nitrogens with two attached hydrogens (primary N) is 1. The second-order valence-electron chi connectivity index (χ2n) is 8.32. The van der Waals surface area contributed by atoms with Crippen LogP contribution in [0.2, 0.25) is 10.0 Å². The predicted molar refractivity (Wildman–Crippen MR) is 138 cm³/mol. The summed E-state index contributed by atoms with van der Waals surface area (Å²) in [7, 11) is 0. The molecule has 2 atom stereocenters. The van der Waals surface area contributed by atoms with E-state index in [1.165, 1.54) is 0 Å². The quantitative estimate of drug-likeness (QED) is 0.335. The molecule has 3 N–H and O–H groups in total. The highest BCUT2D eigenvalue weighted by Crippen LogP contribution is 2.33. The van der Waals surface area contributed by atoms with Crippen LogP contribution in [0.4, 0.5) is 5.69 Å². The number of para-hydroxylation sites is 1. The number of nitrogens with zero attached hydrogens (tertiary/aromatic N) is 1. The number of amides is 2. The molecular weight excluding hydrogens is 493 g/mol. The van der Waals surface area contributed by atoms with Crippen LogP contribution in [0.15, 0.2) is 66.7 Å². The van der Waals surface area contributed by atoms with Crippen LogP contribution in [0.5, 0.6) is 0 Å². The lowest BCUT2D eigenvalue weighted by Crippen LogP contribution is -2.51. The number of carbonyl (C=O) groups is 2. The lowest BCUT2D eigenvalue weighted by molar-refractivity contribution is 0.0672. The number of alkyl halides is 1. The van der Waals surface area contributed by atoms with Gasteiger partial charge in [-0.3, -0.25) is 9.59 Å². The Morgan fingerprint density at radius 3 is 2.41 bits per heavy atom. The first-order chi connectivity index (χ1) is 16.4. The lowest BCUT2D eigenvalue weighted by atomic mass is 9.85. The lowest BCUT2D eigenvalue weighted by Gasteiger charge is -2.39. The van der Waals surface area contributed by atoms with E-state index in [-0.39, 0.29) is 23.8 Å². The minimum Gasteiger partial charge on any atom is -0.398 e. The van der Waals surface area contributed by atoms with Crippen LogP contribution in [0.3, 0.4) is 0 Å². The fraction of sp³-hybridized carbons (Fsp3) is 0.231. The number of likely N-dealkylation sites (tertiary alicyclic amines) is 1. The average molecular weight is 517 g/mol. The average Bonchev–Trinajstić information content (AvgIpc) is 2.86. The molecule has 1 aliphatic heterocycles. The molecule has 1 fully saturated rings. The molecule has 34 heavy (non-hydrogen) atoms. The molecule has 0 radical (unpaired) electrons. The Hall–Kier alpha value is -2.73. The number of piperidine rings is 1. The van der Waals surface area contributed by atoms with Gasteiger partial charge in [0.05, 0.1) is 15.6 Å². The Kier molecular flexibility index (Phi) is 7.67. The van der Waals surface area contributed by atoms with Crippen LogP contribution in [-0.2, 0) is 5.88 Å². The first-order valence-corrected chi connectivity index (χ1v) is 12.2. The maximum Gasteiger partial charge on any atom is 0.255 e. The fourth-order valence-electron chi connectivity index (χ4n) is 4.25. The topological polar surface area (TPSA) is 75.4 Å². The Morgan fingerprint density at radius 2 is 1.74 bits per heavy atom. The molecule has 1 saturated heterocycles. The largest absolute Gasteiger partial charge is 0.398 e. The van der Waals surface area contributed by atoms with Crippen LogP contribution < -0.4 is 11.1 Å². The zero-order valence-corrected chi connectivity index (χ0v) is 20.6. The van der Waals surface area contributed by atoms with Gasteiger partial charge in [-0.15, -0.1) is 11.6 Å². The molecule has 0 bridgehead atoms. The van der Waals surface area contributed by atoms with Gasteiger partial charge in [0, 0.05) is 42.2 Å². The van der Waals surface area contributed by atoms with E-state index < -0.39 is 0 Å². The number of benzene rings is 3. The third-order valence-corrected chi connectivity index (χ3v) is 7.20. The van der Waals surface area contributed by atoms with E-state index >= 15 is 0 Å². The van der Waals surface area contributed by atoms with Gasteiger partial charge in [-0.05, 0) is 53.9 Å². The molecule has 5 nitrogen and oxygen atoms in total. The van der Waals surface area contributed by atoms with Crippen LogP contribution >= 0.6 is 34.8 Å². The first-order valence-electron chi connectivity index (χ1n) is 10.9. The van der Waals surface area contributed by atoms with Crippen molar-refractivity contribution in [1.82, 2.24) is 10.2 Å². The van der Waals surface area contributed by atoms with Gasteiger partial charge < -0.3 is 16.0 Å². The van der Waals surface area contributed by atoms with Gasteiger partial charge in [-0.1, -0.05) is 53.5 Å². The molecule has 1 aliphatic rings. The fourth-order valence-corrected chi connectivity index (χ4v) is 4.73. The second-order valence-corrected chi connectivity index (χ2v) is 9.40. The molecule has 0 aromatic heterocycles. The monoisotopic (exact) mass is 515 g/mol. The SMILES string of the molecule is Nc1ccccc1C(=O)N1CCC(NC(=O)c2ccc(CCl)cc2)C(c2ccc(Cl)c(Cl)c2)C1. The van der Waals surface area contributed by atoms with Crippen molar-refractivity contribution < 1.29 is 9.59 Å². The summed E-state index contributed by atoms with van der Waals surface area (Å²) in [5.74, 6) is -0.101. The van der Waals surface area contributed by atoms with Crippen molar-refractivity contribution in [3.63, 3.8) is 0 Å². The van der Waals surface area contributed by atoms with Gasteiger partial charge in [0.25, 0.3) is 11.8 Å². The number of hydrogen-bond donors (Lipinski definition) is 2. The summed E-state index contributed by atoms with van der Waals surface area (Å²) >= 11 is 18.3. The molecule has 8 heteroatoms. The summed E-state index contributed by atoms with van der Waals surface area (Å²) in [5, 5.41) is 4.03. The minimum absolute atomic E-state index is 0.135. The van der Waals surface area contributed by atoms with Crippen molar-refractivity contribution in [2.75, 3.05) is 18.8 Å². The van der Waals surface area contributed by atoms with Gasteiger partial charge in [0.15, 0.2) is 0 Å². The Balaban J connectivity index is 1.59. The van der Waals surface area contributed by atoms with Crippen LogP contribution in [0.25, 0.3) is 0 Å². The molecular formula is C26H24Cl3N3O2. The number of nitrogen functional groups attached to an aromatic ring is 1. The van der Waals surface area contributed by atoms with Gasteiger partial charge in [-0.2, -0.15) is 0 Å². The van der Waals surface area contributed by atoms with E-state index in [1.54, 1.807) is 53.4 Å². The number of nitrogens with one attached hydrogen (secondary N) is 1. The van der Waals surface area contributed by atoms with E-state index in [0.29, 0.717) is 52.2 Å². The van der Waals surface area contributed by atoms with Crippen LogP contribution in [0, 0.1) is 0 Å². The van der Waals surface area contributed by atoms with Crippen LogP contribution in [0.1, 0.15) is 44.2 Å². The standard InChI is InChI=1S/C26H24Cl3N3O2/c27-14-16-5-7-17(8-6-16)25(33)31-24-11-12-32(26(34)19-3-1-2-4-23(19)30)15-20(24)18-9-10-21(28)22(29)13-18/h1-10,13,20,24H,11-12,14-15,30H2,(H,31,33). The number of carbonyl (C=O) groups excluding carboxylic acids is 2. The molecule has 0 aliphatic carbocycles. The van der Waals surface area contributed by atoms with E-state index in [9.17, 15) is 9.59 Å². The summed E-state index contributed by atoms with van der Waals surface area (Å²) < 4.78 is 0. The van der Waals surface area contributed by atoms with Gasteiger partial charge in [0.2, 0.25) is 0 Å². The molecule has 2 amide bonds. The Bertz CT molecular complexity index is 1200. The molecule has 4 rings (SSSR count). The van der Waals surface area contributed by atoms with E-state index in [0.717, 1.165) is 11.1 Å². The van der Waals surface area contributed by atoms with E-state index in [2.05, 4.69) is 5.32 Å². The summed E-state index contributed by atoms with van der Waals surface area (Å²) in [6.07, 6.45) is 0.578. The highest BCUT2D eigenvalue weighted by atomic mass is 35.5. The first kappa shape index (κ1) is 24.4. The highest BCUT2D eigenvalue weighted by Gasteiger charge is 2.34. The molecule has 3 aromatic rings. The van der Waals surface area contributed by atoms with Gasteiger partial charge in [0.1, 0.15) is 0 Å². The van der Waals surface area contributed by atoms with E-state index in [4.69, 9.17) is 40.5 Å². The zero-order chi connectivity index (χ0) is 24.2. The second kappa shape index (κ2) is 10.7. The normalized spacial score (nSPS) is 17.9. The van der Waals surface area contributed by atoms with Crippen molar-refractivity contribution in [1.29, 1.82) is 0 Å². The van der Waals surface area contributed by atoms with Crippen molar-refractivity contribution in [2.24, 2.45) is 0 Å². The number of hydrogen-bond acceptors (Lipinski definition) is 3. The van der Waals surface area contributed by atoms with Crippen LogP contribution in [-0.4, -0.2) is 35.8 Å². The molecule has 0 saturated carbocycles. The third kappa shape index (κ3) is 5.33. The maximum absolute atomic E-state index is 13.2. The zero-order valence-electron chi connectivity index (χ0n) is 18.3. The number of halogens is 3. The molecule has 1 heterocycles. The summed E-state index contributed by atoms with van der Waals surface area (Å²) in [4.78, 5) is 28.0. The Morgan fingerprint density at radius 1 is 1.00 bits per heavy atom.